The van der Waals surface area contributed by atoms with Gasteiger partial charge in [0.2, 0.25) is 5.91 Å². The molecule has 45 heavy (non-hydrogen) atoms. The number of carbonyl (C=O) groups is 1. The average Bonchev–Trinajstić information content (AvgIpc) is 3.04. The van der Waals surface area contributed by atoms with Gasteiger partial charge in [-0.05, 0) is 12.8 Å². The lowest BCUT2D eigenvalue weighted by atomic mass is 9.99. The third-order valence-electron chi connectivity index (χ3n) is 9.71. The van der Waals surface area contributed by atoms with E-state index in [1.54, 1.807) is 0 Å². The number of hydrogen-bond donors (Lipinski definition) is 4. The molecule has 0 aromatic heterocycles. The van der Waals surface area contributed by atoms with Crippen molar-refractivity contribution in [2.75, 3.05) is 6.61 Å². The van der Waals surface area contributed by atoms with Crippen LogP contribution in [-0.4, -0.2) is 46.1 Å². The van der Waals surface area contributed by atoms with Crippen LogP contribution in [0.25, 0.3) is 0 Å². The highest BCUT2D eigenvalue weighted by Gasteiger charge is 2.26. The van der Waals surface area contributed by atoms with Crippen molar-refractivity contribution in [1.82, 2.24) is 5.32 Å². The van der Waals surface area contributed by atoms with Gasteiger partial charge in [-0.3, -0.25) is 4.79 Å². The fourth-order valence-electron chi connectivity index (χ4n) is 6.52. The lowest BCUT2D eigenvalue weighted by Gasteiger charge is -2.26. The van der Waals surface area contributed by atoms with Gasteiger partial charge in [0.1, 0.15) is 6.10 Å². The van der Waals surface area contributed by atoms with Crippen LogP contribution in [0.1, 0.15) is 226 Å². The maximum absolute atomic E-state index is 12.3. The third-order valence-corrected chi connectivity index (χ3v) is 9.71. The van der Waals surface area contributed by atoms with E-state index in [4.69, 9.17) is 0 Å². The van der Waals surface area contributed by atoms with Crippen molar-refractivity contribution in [2.45, 2.75) is 244 Å². The maximum atomic E-state index is 12.3. The molecule has 5 nitrogen and oxygen atoms in total. The summed E-state index contributed by atoms with van der Waals surface area (Å²) < 4.78 is 0. The van der Waals surface area contributed by atoms with Crippen LogP contribution in [0.5, 0.6) is 0 Å². The van der Waals surface area contributed by atoms with Gasteiger partial charge in [0.15, 0.2) is 0 Å². The highest BCUT2D eigenvalue weighted by molar-refractivity contribution is 5.76. The Morgan fingerprint density at radius 3 is 1.07 bits per heavy atom. The summed E-state index contributed by atoms with van der Waals surface area (Å²) in [6, 6.07) is -0.801. The van der Waals surface area contributed by atoms with E-state index in [2.05, 4.69) is 19.2 Å². The van der Waals surface area contributed by atoms with E-state index in [0.29, 0.717) is 12.8 Å². The molecule has 0 heterocycles. The second kappa shape index (κ2) is 36.2. The molecule has 0 fully saturated rings. The summed E-state index contributed by atoms with van der Waals surface area (Å²) in [4.78, 5) is 12.3. The summed E-state index contributed by atoms with van der Waals surface area (Å²) in [5.41, 5.74) is 0. The van der Waals surface area contributed by atoms with Gasteiger partial charge in [0.05, 0.1) is 18.8 Å². The van der Waals surface area contributed by atoms with Crippen molar-refractivity contribution >= 4 is 5.91 Å². The molecular formula is C40H81NO4. The molecule has 1 amide bonds. The quantitative estimate of drug-likeness (QED) is 0.0509. The largest absolute Gasteiger partial charge is 0.394 e. The highest BCUT2D eigenvalue weighted by Crippen LogP contribution is 2.17. The van der Waals surface area contributed by atoms with Crippen molar-refractivity contribution in [3.8, 4) is 0 Å². The number of aliphatic hydroxyl groups is 3. The molecule has 270 valence electrons. The summed E-state index contributed by atoms with van der Waals surface area (Å²) in [7, 11) is 0. The number of hydrogen-bond acceptors (Lipinski definition) is 4. The molecule has 3 atom stereocenters. The normalized spacial score (nSPS) is 13.6. The molecule has 0 rings (SSSR count). The van der Waals surface area contributed by atoms with Crippen LogP contribution in [0.3, 0.4) is 0 Å². The topological polar surface area (TPSA) is 89.8 Å². The van der Waals surface area contributed by atoms with Gasteiger partial charge in [0.25, 0.3) is 0 Å². The van der Waals surface area contributed by atoms with E-state index >= 15 is 0 Å². The van der Waals surface area contributed by atoms with E-state index in [0.717, 1.165) is 32.1 Å². The molecule has 3 unspecified atom stereocenters. The zero-order valence-corrected chi connectivity index (χ0v) is 30.5. The van der Waals surface area contributed by atoms with Crippen LogP contribution in [0.15, 0.2) is 0 Å². The zero-order valence-electron chi connectivity index (χ0n) is 30.5. The average molecular weight is 640 g/mol. The van der Waals surface area contributed by atoms with Crippen LogP contribution in [0.2, 0.25) is 0 Å². The van der Waals surface area contributed by atoms with Crippen LogP contribution in [0.4, 0.5) is 0 Å². The molecule has 0 aromatic rings. The lowest BCUT2D eigenvalue weighted by molar-refractivity contribution is -0.124. The molecule has 0 saturated carbocycles. The van der Waals surface area contributed by atoms with Gasteiger partial charge in [-0.15, -0.1) is 0 Å². The van der Waals surface area contributed by atoms with Crippen molar-refractivity contribution < 1.29 is 20.1 Å². The molecule has 0 spiro atoms. The first-order valence-electron chi connectivity index (χ1n) is 20.3. The Morgan fingerprint density at radius 2 is 0.756 bits per heavy atom. The van der Waals surface area contributed by atoms with Crippen molar-refractivity contribution in [3.63, 3.8) is 0 Å². The monoisotopic (exact) mass is 640 g/mol. The second-order valence-corrected chi connectivity index (χ2v) is 14.2. The van der Waals surface area contributed by atoms with Gasteiger partial charge in [-0.25, -0.2) is 0 Å². The summed E-state index contributed by atoms with van der Waals surface area (Å²) in [5, 5.41) is 33.4. The second-order valence-electron chi connectivity index (χ2n) is 14.2. The molecule has 0 radical (unpaired) electrons. The minimum Gasteiger partial charge on any atom is -0.394 e. The molecular weight excluding hydrogens is 558 g/mol. The number of unbranched alkanes of at least 4 members (excludes halogenated alkanes) is 29. The highest BCUT2D eigenvalue weighted by atomic mass is 16.3. The minimum atomic E-state index is -1.13. The van der Waals surface area contributed by atoms with E-state index in [1.807, 2.05) is 0 Å². The van der Waals surface area contributed by atoms with Gasteiger partial charge < -0.3 is 20.6 Å². The Hall–Kier alpha value is -0.650. The SMILES string of the molecule is CCCCCCCCCCCCCCCCCCCCCCC(O)C(O)C(CO)NC(=O)CCCCCCCCCCCCC. The molecule has 0 aromatic carbocycles. The fraction of sp³-hybridized carbons (Fsp3) is 0.975. The first-order valence-corrected chi connectivity index (χ1v) is 20.3. The number of rotatable bonds is 37. The van der Waals surface area contributed by atoms with Crippen molar-refractivity contribution in [1.29, 1.82) is 0 Å². The Labute approximate surface area is 281 Å². The van der Waals surface area contributed by atoms with Crippen molar-refractivity contribution in [3.05, 3.63) is 0 Å². The van der Waals surface area contributed by atoms with E-state index in [1.165, 1.54) is 167 Å². The summed E-state index contributed by atoms with van der Waals surface area (Å²) in [6.45, 7) is 4.17. The smallest absolute Gasteiger partial charge is 0.220 e. The van der Waals surface area contributed by atoms with Crippen LogP contribution in [-0.2, 0) is 4.79 Å². The molecule has 0 aliphatic heterocycles. The predicted octanol–water partition coefficient (Wildman–Crippen LogP) is 11.1. The number of aliphatic hydroxyl groups excluding tert-OH is 3. The molecule has 0 aliphatic carbocycles. The minimum absolute atomic E-state index is 0.143. The van der Waals surface area contributed by atoms with Crippen LogP contribution in [0, 0.1) is 0 Å². The zero-order chi connectivity index (χ0) is 33.1. The number of amides is 1. The maximum Gasteiger partial charge on any atom is 0.220 e. The van der Waals surface area contributed by atoms with Gasteiger partial charge in [0, 0.05) is 6.42 Å². The Bertz CT molecular complexity index is 587. The van der Waals surface area contributed by atoms with Crippen molar-refractivity contribution in [2.24, 2.45) is 0 Å². The molecule has 0 saturated heterocycles. The number of carbonyl (C=O) groups excluding carboxylic acids is 1. The molecule has 0 bridgehead atoms. The first kappa shape index (κ1) is 44.4. The van der Waals surface area contributed by atoms with Gasteiger partial charge in [-0.1, -0.05) is 206 Å². The summed E-state index contributed by atoms with van der Waals surface area (Å²) >= 11 is 0. The van der Waals surface area contributed by atoms with Gasteiger partial charge in [-0.2, -0.15) is 0 Å². The van der Waals surface area contributed by atoms with E-state index in [9.17, 15) is 20.1 Å². The molecule has 0 aliphatic rings. The van der Waals surface area contributed by atoms with Crippen LogP contribution < -0.4 is 5.32 Å². The number of nitrogens with one attached hydrogen (secondary N) is 1. The predicted molar refractivity (Wildman–Crippen MR) is 195 cm³/mol. The molecule has 4 N–H and O–H groups in total. The third kappa shape index (κ3) is 31.7. The van der Waals surface area contributed by atoms with E-state index in [-0.39, 0.29) is 12.5 Å². The van der Waals surface area contributed by atoms with E-state index < -0.39 is 18.2 Å². The molecule has 5 heteroatoms. The Morgan fingerprint density at radius 1 is 0.467 bits per heavy atom. The van der Waals surface area contributed by atoms with Crippen LogP contribution >= 0.6 is 0 Å². The lowest BCUT2D eigenvalue weighted by Crippen LogP contribution is -2.50. The standard InChI is InChI=1S/C40H81NO4/c1-3-5-7-9-11-13-15-16-17-18-19-20-21-22-23-25-26-28-30-32-34-38(43)40(45)37(36-42)41-39(44)35-33-31-29-27-24-14-12-10-8-6-4-2/h37-38,40,42-43,45H,3-36H2,1-2H3,(H,41,44). The summed E-state index contributed by atoms with van der Waals surface area (Å²) in [5.74, 6) is -0.143. The Balaban J connectivity index is 3.58. The fourth-order valence-corrected chi connectivity index (χ4v) is 6.52. The van der Waals surface area contributed by atoms with Gasteiger partial charge >= 0.3 is 0 Å². The Kier molecular flexibility index (Phi) is 35.7. The first-order chi connectivity index (χ1) is 22.1. The summed E-state index contributed by atoms with van der Waals surface area (Å²) in [6.07, 6.45) is 39.2.